The second kappa shape index (κ2) is 9.11. The standard InChI is InChI=1S/C23H16ClF3N2O2/c1-2-14-5-3-4-6-20(14)29-22(30)15(13-28)11-17-8-10-21(31-17)18-12-16(23(25,26)27)7-9-19(18)24/h3-12H,2H2,1H3,(H,29,30)/b15-11+. The van der Waals surface area contributed by atoms with Crippen molar-refractivity contribution in [3.63, 3.8) is 0 Å². The van der Waals surface area contributed by atoms with Crippen LogP contribution in [0.25, 0.3) is 17.4 Å². The van der Waals surface area contributed by atoms with Crippen LogP contribution in [0.15, 0.2) is 64.6 Å². The van der Waals surface area contributed by atoms with Crippen molar-refractivity contribution >= 4 is 29.3 Å². The summed E-state index contributed by atoms with van der Waals surface area (Å²) in [7, 11) is 0. The normalized spacial score (nSPS) is 11.8. The Morgan fingerprint density at radius 1 is 1.19 bits per heavy atom. The summed E-state index contributed by atoms with van der Waals surface area (Å²) in [5, 5.41) is 12.2. The highest BCUT2D eigenvalue weighted by Crippen LogP contribution is 2.36. The SMILES string of the molecule is CCc1ccccc1NC(=O)/C(C#N)=C/c1ccc(-c2cc(C(F)(F)F)ccc2Cl)o1. The molecule has 0 radical (unpaired) electrons. The third-order valence-corrected chi connectivity index (χ3v) is 4.81. The highest BCUT2D eigenvalue weighted by Gasteiger charge is 2.31. The van der Waals surface area contributed by atoms with E-state index in [-0.39, 0.29) is 27.7 Å². The van der Waals surface area contributed by atoms with Gasteiger partial charge in [0.05, 0.1) is 10.6 Å². The number of anilines is 1. The topological polar surface area (TPSA) is 66.0 Å². The van der Waals surface area contributed by atoms with E-state index in [1.807, 2.05) is 25.1 Å². The van der Waals surface area contributed by atoms with E-state index in [0.29, 0.717) is 12.1 Å². The van der Waals surface area contributed by atoms with Gasteiger partial charge in [0.2, 0.25) is 0 Å². The molecular formula is C23H16ClF3N2O2. The summed E-state index contributed by atoms with van der Waals surface area (Å²) >= 11 is 6.03. The van der Waals surface area contributed by atoms with Gasteiger partial charge in [-0.15, -0.1) is 0 Å². The fourth-order valence-electron chi connectivity index (χ4n) is 2.90. The number of rotatable bonds is 5. The van der Waals surface area contributed by atoms with Crippen LogP contribution in [0.5, 0.6) is 0 Å². The Hall–Kier alpha value is -3.50. The average molecular weight is 445 g/mol. The molecule has 31 heavy (non-hydrogen) atoms. The van der Waals surface area contributed by atoms with Crippen molar-refractivity contribution in [3.05, 3.63) is 82.1 Å². The molecule has 1 heterocycles. The van der Waals surface area contributed by atoms with Crippen LogP contribution in [0.4, 0.5) is 18.9 Å². The van der Waals surface area contributed by atoms with E-state index >= 15 is 0 Å². The molecule has 0 atom stereocenters. The number of nitrogens with zero attached hydrogens (tertiary/aromatic N) is 1. The molecule has 0 bridgehead atoms. The Labute approximate surface area is 181 Å². The minimum absolute atomic E-state index is 0.0518. The fraction of sp³-hybridized carbons (Fsp3) is 0.130. The minimum atomic E-state index is -4.53. The number of hydrogen-bond donors (Lipinski definition) is 1. The number of furan rings is 1. The van der Waals surface area contributed by atoms with Gasteiger partial charge in [0.1, 0.15) is 23.2 Å². The van der Waals surface area contributed by atoms with Crippen LogP contribution < -0.4 is 5.32 Å². The van der Waals surface area contributed by atoms with Crippen molar-refractivity contribution in [3.8, 4) is 17.4 Å². The third-order valence-electron chi connectivity index (χ3n) is 4.48. The summed E-state index contributed by atoms with van der Waals surface area (Å²) in [6.45, 7) is 1.94. The zero-order valence-corrected chi connectivity index (χ0v) is 17.0. The monoisotopic (exact) mass is 444 g/mol. The summed E-state index contributed by atoms with van der Waals surface area (Å²) in [5.74, 6) is -0.422. The number of carbonyl (C=O) groups is 1. The first-order valence-corrected chi connectivity index (χ1v) is 9.58. The number of halogens is 4. The Bertz CT molecular complexity index is 1190. The van der Waals surface area contributed by atoms with Gasteiger partial charge in [-0.05, 0) is 48.4 Å². The summed E-state index contributed by atoms with van der Waals surface area (Å²) < 4.78 is 44.5. The van der Waals surface area contributed by atoms with E-state index in [1.165, 1.54) is 18.2 Å². The van der Waals surface area contributed by atoms with Crippen LogP contribution in [0, 0.1) is 11.3 Å². The number of para-hydroxylation sites is 1. The second-order valence-electron chi connectivity index (χ2n) is 6.53. The number of nitrogens with one attached hydrogen (secondary N) is 1. The lowest BCUT2D eigenvalue weighted by Crippen LogP contribution is -2.14. The van der Waals surface area contributed by atoms with Gasteiger partial charge in [0.25, 0.3) is 5.91 Å². The largest absolute Gasteiger partial charge is 0.457 e. The summed E-state index contributed by atoms with van der Waals surface area (Å²) in [6.07, 6.45) is -2.62. The van der Waals surface area contributed by atoms with Crippen molar-refractivity contribution in [2.24, 2.45) is 0 Å². The Kier molecular flexibility index (Phi) is 6.52. The Morgan fingerprint density at radius 3 is 2.61 bits per heavy atom. The van der Waals surface area contributed by atoms with Crippen molar-refractivity contribution in [1.82, 2.24) is 0 Å². The molecule has 1 amide bonds. The Balaban J connectivity index is 1.88. The van der Waals surface area contributed by atoms with Gasteiger partial charge in [-0.25, -0.2) is 0 Å². The van der Waals surface area contributed by atoms with Gasteiger partial charge in [-0.1, -0.05) is 36.7 Å². The highest BCUT2D eigenvalue weighted by atomic mass is 35.5. The molecular weight excluding hydrogens is 429 g/mol. The Morgan fingerprint density at radius 2 is 1.94 bits per heavy atom. The van der Waals surface area contributed by atoms with Crippen molar-refractivity contribution in [1.29, 1.82) is 5.26 Å². The summed E-state index contributed by atoms with van der Waals surface area (Å²) in [4.78, 5) is 12.5. The smallest absolute Gasteiger partial charge is 0.416 e. The van der Waals surface area contributed by atoms with E-state index in [2.05, 4.69) is 5.32 Å². The zero-order chi connectivity index (χ0) is 22.6. The van der Waals surface area contributed by atoms with Crippen LogP contribution in [-0.4, -0.2) is 5.91 Å². The quantitative estimate of drug-likeness (QED) is 0.350. The molecule has 158 valence electrons. The van der Waals surface area contributed by atoms with E-state index in [1.54, 1.807) is 12.1 Å². The van der Waals surface area contributed by atoms with E-state index in [4.69, 9.17) is 16.0 Å². The molecule has 0 fully saturated rings. The third kappa shape index (κ3) is 5.16. The molecule has 0 spiro atoms. The predicted molar refractivity (Wildman–Crippen MR) is 112 cm³/mol. The second-order valence-corrected chi connectivity index (χ2v) is 6.94. The lowest BCUT2D eigenvalue weighted by molar-refractivity contribution is -0.137. The van der Waals surface area contributed by atoms with Gasteiger partial charge >= 0.3 is 6.18 Å². The molecule has 3 rings (SSSR count). The van der Waals surface area contributed by atoms with E-state index in [0.717, 1.165) is 23.8 Å². The van der Waals surface area contributed by atoms with Crippen molar-refractivity contribution in [2.45, 2.75) is 19.5 Å². The molecule has 0 aliphatic rings. The van der Waals surface area contributed by atoms with Crippen LogP contribution in [0.1, 0.15) is 23.8 Å². The molecule has 0 unspecified atom stereocenters. The molecule has 0 saturated heterocycles. The van der Waals surface area contributed by atoms with Crippen LogP contribution in [0.2, 0.25) is 5.02 Å². The average Bonchev–Trinajstić information content (AvgIpc) is 3.20. The number of hydrogen-bond acceptors (Lipinski definition) is 3. The van der Waals surface area contributed by atoms with E-state index < -0.39 is 17.6 Å². The molecule has 0 aliphatic heterocycles. The minimum Gasteiger partial charge on any atom is -0.457 e. The molecule has 0 saturated carbocycles. The number of amides is 1. The van der Waals surface area contributed by atoms with Crippen molar-refractivity contribution in [2.75, 3.05) is 5.32 Å². The van der Waals surface area contributed by atoms with Gasteiger partial charge in [-0.2, -0.15) is 18.4 Å². The molecule has 3 aromatic rings. The van der Waals surface area contributed by atoms with Gasteiger partial charge in [-0.3, -0.25) is 4.79 Å². The lowest BCUT2D eigenvalue weighted by atomic mass is 10.1. The molecule has 2 aromatic carbocycles. The number of aryl methyl sites for hydroxylation is 1. The van der Waals surface area contributed by atoms with Gasteiger partial charge in [0, 0.05) is 17.3 Å². The van der Waals surface area contributed by atoms with Gasteiger partial charge < -0.3 is 9.73 Å². The molecule has 8 heteroatoms. The predicted octanol–water partition coefficient (Wildman–Crippen LogP) is 6.73. The summed E-state index contributed by atoms with van der Waals surface area (Å²) in [5.41, 5.74) is 0.463. The number of nitriles is 1. The first-order chi connectivity index (χ1) is 14.7. The van der Waals surface area contributed by atoms with E-state index in [9.17, 15) is 23.2 Å². The first-order valence-electron chi connectivity index (χ1n) is 9.21. The highest BCUT2D eigenvalue weighted by molar-refractivity contribution is 6.33. The maximum Gasteiger partial charge on any atom is 0.416 e. The fourth-order valence-corrected chi connectivity index (χ4v) is 3.11. The molecule has 1 aromatic heterocycles. The zero-order valence-electron chi connectivity index (χ0n) is 16.3. The van der Waals surface area contributed by atoms with Crippen LogP contribution in [0.3, 0.4) is 0 Å². The van der Waals surface area contributed by atoms with Crippen LogP contribution >= 0.6 is 11.6 Å². The first kappa shape index (κ1) is 22.2. The molecule has 0 aliphatic carbocycles. The van der Waals surface area contributed by atoms with Crippen molar-refractivity contribution < 1.29 is 22.4 Å². The summed E-state index contributed by atoms with van der Waals surface area (Å²) in [6, 6.07) is 14.8. The maximum atomic E-state index is 13.0. The molecule has 4 nitrogen and oxygen atoms in total. The number of benzene rings is 2. The number of alkyl halides is 3. The number of carbonyl (C=O) groups excluding carboxylic acids is 1. The van der Waals surface area contributed by atoms with Crippen LogP contribution in [-0.2, 0) is 17.4 Å². The maximum absolute atomic E-state index is 13.0. The molecule has 1 N–H and O–H groups in total. The van der Waals surface area contributed by atoms with Gasteiger partial charge in [0.15, 0.2) is 0 Å². The lowest BCUT2D eigenvalue weighted by Gasteiger charge is -2.09.